The fraction of sp³-hybridized carbons (Fsp3) is 0.278. The van der Waals surface area contributed by atoms with Crippen LogP contribution in [-0.4, -0.2) is 32.9 Å². The van der Waals surface area contributed by atoms with Gasteiger partial charge in [-0.1, -0.05) is 12.1 Å². The molecule has 2 atom stereocenters. The molecule has 0 aliphatic rings. The van der Waals surface area contributed by atoms with Crippen LogP contribution in [0.2, 0.25) is 0 Å². The summed E-state index contributed by atoms with van der Waals surface area (Å²) in [5.74, 6) is 0. The van der Waals surface area contributed by atoms with Crippen molar-refractivity contribution in [3.05, 3.63) is 69.3 Å². The molecule has 0 aliphatic heterocycles. The summed E-state index contributed by atoms with van der Waals surface area (Å²) < 4.78 is 0. The largest absolute Gasteiger partial charge is 0.394 e. The molecule has 8 heteroatoms. The SMILES string of the molecule is Cc1ccc(C)c(NC(=S)NC(CO)C(O)c2ccc([N+](=O)[O-])cc2)c1. The monoisotopic (exact) mass is 375 g/mol. The van der Waals surface area contributed by atoms with Gasteiger partial charge in [-0.3, -0.25) is 10.1 Å². The van der Waals surface area contributed by atoms with Gasteiger partial charge in [0, 0.05) is 17.8 Å². The lowest BCUT2D eigenvalue weighted by Crippen LogP contribution is -2.44. The Hall–Kier alpha value is -2.55. The van der Waals surface area contributed by atoms with Crippen molar-refractivity contribution >= 4 is 28.7 Å². The van der Waals surface area contributed by atoms with Crippen molar-refractivity contribution < 1.29 is 15.1 Å². The van der Waals surface area contributed by atoms with Crippen LogP contribution in [0.1, 0.15) is 22.8 Å². The summed E-state index contributed by atoms with van der Waals surface area (Å²) in [5.41, 5.74) is 3.30. The molecule has 4 N–H and O–H groups in total. The summed E-state index contributed by atoms with van der Waals surface area (Å²) in [6.07, 6.45) is -1.08. The highest BCUT2D eigenvalue weighted by Gasteiger charge is 2.22. The van der Waals surface area contributed by atoms with Gasteiger partial charge in [0.1, 0.15) is 6.10 Å². The Kier molecular flexibility index (Phi) is 6.62. The van der Waals surface area contributed by atoms with Crippen LogP contribution < -0.4 is 10.6 Å². The highest BCUT2D eigenvalue weighted by molar-refractivity contribution is 7.80. The van der Waals surface area contributed by atoms with Crippen molar-refractivity contribution in [3.8, 4) is 0 Å². The predicted molar refractivity (Wildman–Crippen MR) is 104 cm³/mol. The Morgan fingerprint density at radius 1 is 1.23 bits per heavy atom. The summed E-state index contributed by atoms with van der Waals surface area (Å²) in [4.78, 5) is 10.2. The lowest BCUT2D eigenvalue weighted by Gasteiger charge is -2.24. The number of nitro groups is 1. The molecule has 7 nitrogen and oxygen atoms in total. The molecule has 0 amide bonds. The van der Waals surface area contributed by atoms with Crippen molar-refractivity contribution in [2.75, 3.05) is 11.9 Å². The Labute approximate surface area is 156 Å². The Balaban J connectivity index is 2.06. The average Bonchev–Trinajstić information content (AvgIpc) is 2.62. The van der Waals surface area contributed by atoms with Gasteiger partial charge in [0.05, 0.1) is 17.6 Å². The van der Waals surface area contributed by atoms with Gasteiger partial charge < -0.3 is 20.8 Å². The topological polar surface area (TPSA) is 108 Å². The molecule has 2 aromatic rings. The number of aryl methyl sites for hydroxylation is 2. The number of anilines is 1. The van der Waals surface area contributed by atoms with Gasteiger partial charge in [0.2, 0.25) is 0 Å². The minimum absolute atomic E-state index is 0.0680. The maximum absolute atomic E-state index is 10.7. The zero-order valence-electron chi connectivity index (χ0n) is 14.5. The van der Waals surface area contributed by atoms with Crippen LogP contribution in [-0.2, 0) is 0 Å². The molecule has 0 heterocycles. The van der Waals surface area contributed by atoms with E-state index in [1.54, 1.807) is 0 Å². The van der Waals surface area contributed by atoms with E-state index in [9.17, 15) is 20.3 Å². The first-order chi connectivity index (χ1) is 12.3. The fourth-order valence-electron chi connectivity index (χ4n) is 2.45. The van der Waals surface area contributed by atoms with Crippen molar-refractivity contribution in [2.24, 2.45) is 0 Å². The third kappa shape index (κ3) is 4.98. The Morgan fingerprint density at radius 3 is 2.46 bits per heavy atom. The minimum Gasteiger partial charge on any atom is -0.394 e. The fourth-order valence-corrected chi connectivity index (χ4v) is 2.71. The summed E-state index contributed by atoms with van der Waals surface area (Å²) in [7, 11) is 0. The zero-order chi connectivity index (χ0) is 19.3. The van der Waals surface area contributed by atoms with Gasteiger partial charge in [-0.05, 0) is 61.0 Å². The van der Waals surface area contributed by atoms with E-state index in [2.05, 4.69) is 10.6 Å². The molecule has 2 rings (SSSR count). The van der Waals surface area contributed by atoms with E-state index < -0.39 is 17.1 Å². The highest BCUT2D eigenvalue weighted by Crippen LogP contribution is 2.21. The van der Waals surface area contributed by atoms with E-state index in [0.29, 0.717) is 5.56 Å². The number of hydrogen-bond donors (Lipinski definition) is 4. The maximum atomic E-state index is 10.7. The van der Waals surface area contributed by atoms with Crippen LogP contribution >= 0.6 is 12.2 Å². The number of benzene rings is 2. The van der Waals surface area contributed by atoms with Crippen LogP contribution in [0.5, 0.6) is 0 Å². The van der Waals surface area contributed by atoms with Crippen LogP contribution in [0.15, 0.2) is 42.5 Å². The predicted octanol–water partition coefficient (Wildman–Crippen LogP) is 2.59. The van der Waals surface area contributed by atoms with Gasteiger partial charge in [-0.15, -0.1) is 0 Å². The molecular weight excluding hydrogens is 354 g/mol. The van der Waals surface area contributed by atoms with E-state index >= 15 is 0 Å². The third-order valence-corrected chi connectivity index (χ3v) is 4.20. The molecule has 26 heavy (non-hydrogen) atoms. The number of aliphatic hydroxyl groups is 2. The summed E-state index contributed by atoms with van der Waals surface area (Å²) >= 11 is 5.27. The molecule has 0 aromatic heterocycles. The number of nitro benzene ring substituents is 1. The number of non-ortho nitro benzene ring substituents is 1. The van der Waals surface area contributed by atoms with E-state index in [4.69, 9.17) is 12.2 Å². The molecule has 0 saturated heterocycles. The second-order valence-electron chi connectivity index (χ2n) is 6.00. The first kappa shape index (κ1) is 19.8. The number of aliphatic hydroxyl groups excluding tert-OH is 2. The van der Waals surface area contributed by atoms with E-state index in [1.165, 1.54) is 24.3 Å². The number of hydrogen-bond acceptors (Lipinski definition) is 5. The van der Waals surface area contributed by atoms with Crippen LogP contribution in [0.3, 0.4) is 0 Å². The smallest absolute Gasteiger partial charge is 0.269 e. The van der Waals surface area contributed by atoms with Crippen LogP contribution in [0, 0.1) is 24.0 Å². The van der Waals surface area contributed by atoms with Crippen LogP contribution in [0.4, 0.5) is 11.4 Å². The van der Waals surface area contributed by atoms with Crippen LogP contribution in [0.25, 0.3) is 0 Å². The highest BCUT2D eigenvalue weighted by atomic mass is 32.1. The first-order valence-corrected chi connectivity index (χ1v) is 8.40. The molecule has 2 aromatic carbocycles. The number of nitrogens with zero attached hydrogens (tertiary/aromatic N) is 1. The molecule has 0 fully saturated rings. The second kappa shape index (κ2) is 8.70. The molecule has 2 unspecified atom stereocenters. The number of thiocarbonyl (C=S) groups is 1. The molecule has 0 aliphatic carbocycles. The number of nitrogens with one attached hydrogen (secondary N) is 2. The minimum atomic E-state index is -1.08. The molecule has 0 saturated carbocycles. The summed E-state index contributed by atoms with van der Waals surface area (Å²) in [6.45, 7) is 3.54. The lowest BCUT2D eigenvalue weighted by molar-refractivity contribution is -0.384. The average molecular weight is 375 g/mol. The molecule has 0 spiro atoms. The third-order valence-electron chi connectivity index (χ3n) is 3.98. The first-order valence-electron chi connectivity index (χ1n) is 8.00. The van der Waals surface area contributed by atoms with Gasteiger partial charge in [-0.2, -0.15) is 0 Å². The molecule has 138 valence electrons. The normalized spacial score (nSPS) is 12.9. The van der Waals surface area contributed by atoms with E-state index in [-0.39, 0.29) is 17.4 Å². The van der Waals surface area contributed by atoms with Crippen molar-refractivity contribution in [1.29, 1.82) is 0 Å². The standard InChI is InChI=1S/C18H21N3O4S/c1-11-3-4-12(2)15(9-11)19-18(26)20-16(10-22)17(23)13-5-7-14(8-6-13)21(24)25/h3-9,16-17,22-23H,10H2,1-2H3,(H2,19,20,26). The van der Waals surface area contributed by atoms with Gasteiger partial charge >= 0.3 is 0 Å². The van der Waals surface area contributed by atoms with Crippen molar-refractivity contribution in [3.63, 3.8) is 0 Å². The molecule has 0 radical (unpaired) electrons. The zero-order valence-corrected chi connectivity index (χ0v) is 15.3. The molecular formula is C18H21N3O4S. The second-order valence-corrected chi connectivity index (χ2v) is 6.41. The lowest BCUT2D eigenvalue weighted by atomic mass is 10.0. The Bertz CT molecular complexity index is 796. The maximum Gasteiger partial charge on any atom is 0.269 e. The number of rotatable bonds is 6. The van der Waals surface area contributed by atoms with E-state index in [1.807, 2.05) is 32.0 Å². The van der Waals surface area contributed by atoms with Gasteiger partial charge in [-0.25, -0.2) is 0 Å². The Morgan fingerprint density at radius 2 is 1.88 bits per heavy atom. The van der Waals surface area contributed by atoms with Crippen molar-refractivity contribution in [1.82, 2.24) is 5.32 Å². The quantitative estimate of drug-likeness (QED) is 0.349. The summed E-state index contributed by atoms with van der Waals surface area (Å²) in [5, 5.41) is 36.9. The van der Waals surface area contributed by atoms with Crippen molar-refractivity contribution in [2.45, 2.75) is 26.0 Å². The van der Waals surface area contributed by atoms with E-state index in [0.717, 1.165) is 16.8 Å². The molecule has 0 bridgehead atoms. The van der Waals surface area contributed by atoms with Gasteiger partial charge in [0.25, 0.3) is 5.69 Å². The summed E-state index contributed by atoms with van der Waals surface area (Å²) in [6, 6.07) is 10.7. The van der Waals surface area contributed by atoms with Gasteiger partial charge in [0.15, 0.2) is 5.11 Å².